The minimum absolute atomic E-state index is 0.110. The first-order chi connectivity index (χ1) is 9.84. The highest BCUT2D eigenvalue weighted by Gasteiger charge is 2.33. The summed E-state index contributed by atoms with van der Waals surface area (Å²) >= 11 is 0. The van der Waals surface area contributed by atoms with Crippen LogP contribution in [0.2, 0.25) is 0 Å². The lowest BCUT2D eigenvalue weighted by atomic mass is 10.1. The molecule has 6 nitrogen and oxygen atoms in total. The van der Waals surface area contributed by atoms with Crippen LogP contribution in [0.5, 0.6) is 0 Å². The monoisotopic (exact) mass is 311 g/mol. The molecule has 0 radical (unpaired) electrons. The van der Waals surface area contributed by atoms with Gasteiger partial charge in [-0.05, 0) is 30.5 Å². The largest absolute Gasteiger partial charge is 0.352 e. The third-order valence-corrected chi connectivity index (χ3v) is 5.68. The molecule has 7 heteroatoms. The third-order valence-electron chi connectivity index (χ3n) is 3.65. The summed E-state index contributed by atoms with van der Waals surface area (Å²) in [4.78, 5) is 11.4. The number of amides is 1. The molecule has 21 heavy (non-hydrogen) atoms. The number of hydrogen-bond acceptors (Lipinski definition) is 4. The van der Waals surface area contributed by atoms with Gasteiger partial charge in [0, 0.05) is 32.6 Å². The van der Waals surface area contributed by atoms with Crippen LogP contribution in [0, 0.1) is 6.92 Å². The average Bonchev–Trinajstić information content (AvgIpc) is 2.86. The van der Waals surface area contributed by atoms with Gasteiger partial charge in [0.15, 0.2) is 0 Å². The van der Waals surface area contributed by atoms with E-state index in [1.54, 1.807) is 25.1 Å². The van der Waals surface area contributed by atoms with Crippen molar-refractivity contribution in [3.63, 3.8) is 0 Å². The predicted octanol–water partition coefficient (Wildman–Crippen LogP) is 0.353. The van der Waals surface area contributed by atoms with Gasteiger partial charge in [0.05, 0.1) is 4.90 Å². The molecule has 1 saturated heterocycles. The molecule has 1 unspecified atom stereocenters. The van der Waals surface area contributed by atoms with Gasteiger partial charge < -0.3 is 11.1 Å². The number of nitrogens with one attached hydrogen (secondary N) is 1. The summed E-state index contributed by atoms with van der Waals surface area (Å²) in [7, 11) is -3.52. The highest BCUT2D eigenvalue weighted by Crippen LogP contribution is 2.24. The SMILES string of the molecule is CC(=O)NC1CCN(S(=O)(=O)c2ccc(CN)cc2C)C1. The molecule has 0 spiro atoms. The summed E-state index contributed by atoms with van der Waals surface area (Å²) in [6.45, 7) is 4.33. The molecule has 0 saturated carbocycles. The van der Waals surface area contributed by atoms with E-state index in [9.17, 15) is 13.2 Å². The van der Waals surface area contributed by atoms with Crippen molar-refractivity contribution >= 4 is 15.9 Å². The molecular formula is C14H21N3O3S. The summed E-state index contributed by atoms with van der Waals surface area (Å²) in [5, 5.41) is 2.77. The Balaban J connectivity index is 2.21. The third kappa shape index (κ3) is 3.42. The van der Waals surface area contributed by atoms with Crippen LogP contribution < -0.4 is 11.1 Å². The van der Waals surface area contributed by atoms with Crippen molar-refractivity contribution in [3.8, 4) is 0 Å². The number of sulfonamides is 1. The quantitative estimate of drug-likeness (QED) is 0.839. The Morgan fingerprint density at radius 1 is 1.48 bits per heavy atom. The van der Waals surface area contributed by atoms with Gasteiger partial charge in [-0.2, -0.15) is 4.31 Å². The second-order valence-corrected chi connectivity index (χ2v) is 7.26. The van der Waals surface area contributed by atoms with Crippen LogP contribution in [-0.4, -0.2) is 37.8 Å². The fourth-order valence-corrected chi connectivity index (χ4v) is 4.32. The van der Waals surface area contributed by atoms with Gasteiger partial charge in [0.2, 0.25) is 15.9 Å². The van der Waals surface area contributed by atoms with Crippen molar-refractivity contribution in [3.05, 3.63) is 29.3 Å². The molecule has 2 rings (SSSR count). The molecule has 1 fully saturated rings. The Morgan fingerprint density at radius 3 is 2.76 bits per heavy atom. The summed E-state index contributed by atoms with van der Waals surface area (Å²) in [5.74, 6) is -0.136. The maximum absolute atomic E-state index is 12.7. The molecule has 3 N–H and O–H groups in total. The first-order valence-corrected chi connectivity index (χ1v) is 8.35. The first kappa shape index (κ1) is 15.9. The molecular weight excluding hydrogens is 290 g/mol. The van der Waals surface area contributed by atoms with E-state index in [0.29, 0.717) is 36.5 Å². The number of nitrogens with zero attached hydrogens (tertiary/aromatic N) is 1. The highest BCUT2D eigenvalue weighted by atomic mass is 32.2. The van der Waals surface area contributed by atoms with Crippen LogP contribution in [0.1, 0.15) is 24.5 Å². The molecule has 1 aliphatic rings. The van der Waals surface area contributed by atoms with Crippen molar-refractivity contribution in [1.29, 1.82) is 0 Å². The van der Waals surface area contributed by atoms with E-state index in [1.165, 1.54) is 11.2 Å². The molecule has 1 aromatic rings. The Labute approximate surface area is 125 Å². The number of hydrogen-bond donors (Lipinski definition) is 2. The fraction of sp³-hybridized carbons (Fsp3) is 0.500. The van der Waals surface area contributed by atoms with Gasteiger partial charge in [-0.25, -0.2) is 8.42 Å². The summed E-state index contributed by atoms with van der Waals surface area (Å²) in [5.41, 5.74) is 7.17. The minimum Gasteiger partial charge on any atom is -0.352 e. The molecule has 1 atom stereocenters. The summed E-state index contributed by atoms with van der Waals surface area (Å²) in [6.07, 6.45) is 0.638. The fourth-order valence-electron chi connectivity index (χ4n) is 2.62. The maximum Gasteiger partial charge on any atom is 0.243 e. The Kier molecular flexibility index (Phi) is 4.65. The Morgan fingerprint density at radius 2 is 2.19 bits per heavy atom. The van der Waals surface area contributed by atoms with E-state index < -0.39 is 10.0 Å². The van der Waals surface area contributed by atoms with Crippen molar-refractivity contribution < 1.29 is 13.2 Å². The van der Waals surface area contributed by atoms with E-state index in [-0.39, 0.29) is 11.9 Å². The van der Waals surface area contributed by atoms with E-state index in [1.807, 2.05) is 0 Å². The molecule has 1 heterocycles. The van der Waals surface area contributed by atoms with Gasteiger partial charge in [-0.1, -0.05) is 12.1 Å². The van der Waals surface area contributed by atoms with Gasteiger partial charge >= 0.3 is 0 Å². The van der Waals surface area contributed by atoms with Crippen molar-refractivity contribution in [2.75, 3.05) is 13.1 Å². The van der Waals surface area contributed by atoms with Crippen LogP contribution >= 0.6 is 0 Å². The number of carbonyl (C=O) groups is 1. The average molecular weight is 311 g/mol. The van der Waals surface area contributed by atoms with Gasteiger partial charge in [0.25, 0.3) is 0 Å². The summed E-state index contributed by atoms with van der Waals surface area (Å²) in [6, 6.07) is 5.04. The van der Waals surface area contributed by atoms with Crippen LogP contribution in [0.4, 0.5) is 0 Å². The number of carbonyl (C=O) groups excluding carboxylic acids is 1. The standard InChI is InChI=1S/C14H21N3O3S/c1-10-7-12(8-15)3-4-14(10)21(19,20)17-6-5-13(9-17)16-11(2)18/h3-4,7,13H,5-6,8-9,15H2,1-2H3,(H,16,18). The minimum atomic E-state index is -3.52. The van der Waals surface area contributed by atoms with E-state index in [2.05, 4.69) is 5.32 Å². The molecule has 116 valence electrons. The molecule has 0 aliphatic carbocycles. The second-order valence-electron chi connectivity index (χ2n) is 5.35. The normalized spacial score (nSPS) is 19.7. The molecule has 1 amide bonds. The van der Waals surface area contributed by atoms with Gasteiger partial charge in [-0.3, -0.25) is 4.79 Å². The molecule has 1 aliphatic heterocycles. The number of nitrogens with two attached hydrogens (primary N) is 1. The zero-order chi connectivity index (χ0) is 15.6. The maximum atomic E-state index is 12.7. The number of aryl methyl sites for hydroxylation is 1. The number of benzene rings is 1. The lowest BCUT2D eigenvalue weighted by Gasteiger charge is -2.18. The van der Waals surface area contributed by atoms with Crippen LogP contribution in [0.15, 0.2) is 23.1 Å². The topological polar surface area (TPSA) is 92.5 Å². The lowest BCUT2D eigenvalue weighted by Crippen LogP contribution is -2.37. The van der Waals surface area contributed by atoms with E-state index in [0.717, 1.165) is 5.56 Å². The predicted molar refractivity (Wildman–Crippen MR) is 80.1 cm³/mol. The zero-order valence-corrected chi connectivity index (χ0v) is 13.1. The highest BCUT2D eigenvalue weighted by molar-refractivity contribution is 7.89. The number of rotatable bonds is 4. The van der Waals surface area contributed by atoms with Gasteiger partial charge in [-0.15, -0.1) is 0 Å². The first-order valence-electron chi connectivity index (χ1n) is 6.91. The Hall–Kier alpha value is -1.44. The van der Waals surface area contributed by atoms with Crippen LogP contribution in [-0.2, 0) is 21.4 Å². The van der Waals surface area contributed by atoms with Crippen molar-refractivity contribution in [2.45, 2.75) is 37.8 Å². The molecule has 0 aromatic heterocycles. The van der Waals surface area contributed by atoms with Crippen LogP contribution in [0.3, 0.4) is 0 Å². The van der Waals surface area contributed by atoms with Crippen LogP contribution in [0.25, 0.3) is 0 Å². The van der Waals surface area contributed by atoms with Gasteiger partial charge in [0.1, 0.15) is 0 Å². The second kappa shape index (κ2) is 6.13. The lowest BCUT2D eigenvalue weighted by molar-refractivity contribution is -0.119. The van der Waals surface area contributed by atoms with Crippen molar-refractivity contribution in [2.24, 2.45) is 5.73 Å². The molecule has 1 aromatic carbocycles. The van der Waals surface area contributed by atoms with E-state index >= 15 is 0 Å². The zero-order valence-electron chi connectivity index (χ0n) is 12.3. The molecule has 0 bridgehead atoms. The van der Waals surface area contributed by atoms with Crippen molar-refractivity contribution in [1.82, 2.24) is 9.62 Å². The smallest absolute Gasteiger partial charge is 0.243 e. The summed E-state index contributed by atoms with van der Waals surface area (Å²) < 4.78 is 26.8. The Bertz CT molecular complexity index is 643. The van der Waals surface area contributed by atoms with E-state index in [4.69, 9.17) is 5.73 Å².